The lowest BCUT2D eigenvalue weighted by molar-refractivity contribution is 0.103. The Hall–Kier alpha value is -1.78. The molecule has 110 valence electrons. The van der Waals surface area contributed by atoms with Gasteiger partial charge in [-0.05, 0) is 18.2 Å². The maximum atomic E-state index is 13.8. The zero-order chi connectivity index (χ0) is 15.6. The van der Waals surface area contributed by atoms with Crippen LogP contribution in [0.4, 0.5) is 4.39 Å². The Morgan fingerprint density at radius 1 is 1.05 bits per heavy atom. The molecular formula is C15H11Cl2FO3. The van der Waals surface area contributed by atoms with Crippen molar-refractivity contribution in [1.82, 2.24) is 0 Å². The van der Waals surface area contributed by atoms with Crippen LogP contribution in [0.15, 0.2) is 30.3 Å². The van der Waals surface area contributed by atoms with E-state index in [9.17, 15) is 9.18 Å². The number of halogens is 3. The Kier molecular flexibility index (Phi) is 4.70. The molecule has 0 aliphatic heterocycles. The highest BCUT2D eigenvalue weighted by atomic mass is 35.5. The second-order valence-corrected chi connectivity index (χ2v) is 4.93. The van der Waals surface area contributed by atoms with Crippen LogP contribution in [0.5, 0.6) is 11.5 Å². The largest absolute Gasteiger partial charge is 0.493 e. The number of carbonyl (C=O) groups is 1. The van der Waals surface area contributed by atoms with Gasteiger partial charge in [-0.2, -0.15) is 0 Å². The molecule has 21 heavy (non-hydrogen) atoms. The summed E-state index contributed by atoms with van der Waals surface area (Å²) in [7, 11) is 2.87. The van der Waals surface area contributed by atoms with Crippen LogP contribution >= 0.6 is 23.2 Å². The molecule has 0 spiro atoms. The standard InChI is InChI=1S/C15H11Cl2FO3/c1-20-12-6-8(10(17)7-13(12)21-2)15(19)14-9(16)4-3-5-11(14)18/h3-7H,1-2H3. The summed E-state index contributed by atoms with van der Waals surface area (Å²) < 4.78 is 24.0. The number of carbonyl (C=O) groups excluding carboxylic acids is 1. The summed E-state index contributed by atoms with van der Waals surface area (Å²) in [5.41, 5.74) is -0.144. The second-order valence-electron chi connectivity index (χ2n) is 4.11. The molecule has 0 saturated heterocycles. The summed E-state index contributed by atoms with van der Waals surface area (Å²) in [4.78, 5) is 12.5. The lowest BCUT2D eigenvalue weighted by atomic mass is 10.0. The van der Waals surface area contributed by atoms with E-state index in [0.717, 1.165) is 6.07 Å². The zero-order valence-corrected chi connectivity index (χ0v) is 12.8. The Labute approximate surface area is 131 Å². The van der Waals surface area contributed by atoms with Crippen molar-refractivity contribution in [1.29, 1.82) is 0 Å². The highest BCUT2D eigenvalue weighted by molar-refractivity contribution is 6.38. The first-order valence-electron chi connectivity index (χ1n) is 5.89. The number of ketones is 1. The molecule has 0 amide bonds. The van der Waals surface area contributed by atoms with E-state index in [-0.39, 0.29) is 21.2 Å². The fourth-order valence-electron chi connectivity index (χ4n) is 1.88. The van der Waals surface area contributed by atoms with Crippen LogP contribution in [0, 0.1) is 5.82 Å². The van der Waals surface area contributed by atoms with E-state index >= 15 is 0 Å². The number of methoxy groups -OCH3 is 2. The quantitative estimate of drug-likeness (QED) is 0.781. The van der Waals surface area contributed by atoms with E-state index in [1.54, 1.807) is 0 Å². The first-order valence-corrected chi connectivity index (χ1v) is 6.65. The Bertz CT molecular complexity index is 681. The van der Waals surface area contributed by atoms with Gasteiger partial charge in [0.1, 0.15) is 5.82 Å². The monoisotopic (exact) mass is 328 g/mol. The van der Waals surface area contributed by atoms with Crippen molar-refractivity contribution >= 4 is 29.0 Å². The van der Waals surface area contributed by atoms with E-state index in [1.165, 1.54) is 38.5 Å². The molecule has 0 N–H and O–H groups in total. The molecule has 0 aliphatic rings. The molecule has 0 aliphatic carbocycles. The van der Waals surface area contributed by atoms with E-state index in [1.807, 2.05) is 0 Å². The van der Waals surface area contributed by atoms with Crippen molar-refractivity contribution in [3.05, 3.63) is 57.3 Å². The predicted molar refractivity (Wildman–Crippen MR) is 79.4 cm³/mol. The molecule has 0 aromatic heterocycles. The lowest BCUT2D eigenvalue weighted by Gasteiger charge is -2.12. The van der Waals surface area contributed by atoms with Crippen LogP contribution in [0.2, 0.25) is 10.0 Å². The summed E-state index contributed by atoms with van der Waals surface area (Å²) >= 11 is 12.0. The Morgan fingerprint density at radius 3 is 2.24 bits per heavy atom. The molecule has 0 bridgehead atoms. The smallest absolute Gasteiger partial charge is 0.199 e. The molecule has 3 nitrogen and oxygen atoms in total. The van der Waals surface area contributed by atoms with Gasteiger partial charge in [0.2, 0.25) is 0 Å². The molecule has 0 unspecified atom stereocenters. The molecule has 0 radical (unpaired) electrons. The first-order chi connectivity index (χ1) is 9.99. The van der Waals surface area contributed by atoms with Crippen molar-refractivity contribution in [3.63, 3.8) is 0 Å². The lowest BCUT2D eigenvalue weighted by Crippen LogP contribution is -2.07. The van der Waals surface area contributed by atoms with Gasteiger partial charge in [-0.25, -0.2) is 4.39 Å². The third-order valence-electron chi connectivity index (χ3n) is 2.91. The number of ether oxygens (including phenoxy) is 2. The van der Waals surface area contributed by atoms with Gasteiger partial charge in [-0.15, -0.1) is 0 Å². The fourth-order valence-corrected chi connectivity index (χ4v) is 2.37. The summed E-state index contributed by atoms with van der Waals surface area (Å²) in [6, 6.07) is 6.85. The first kappa shape index (κ1) is 15.6. The summed E-state index contributed by atoms with van der Waals surface area (Å²) in [5.74, 6) is -0.640. The van der Waals surface area contributed by atoms with Gasteiger partial charge in [-0.1, -0.05) is 29.3 Å². The third kappa shape index (κ3) is 2.96. The normalized spacial score (nSPS) is 10.3. The van der Waals surface area contributed by atoms with Gasteiger partial charge in [0.25, 0.3) is 0 Å². The maximum Gasteiger partial charge on any atom is 0.199 e. The van der Waals surface area contributed by atoms with Crippen molar-refractivity contribution < 1.29 is 18.7 Å². The van der Waals surface area contributed by atoms with E-state index < -0.39 is 11.6 Å². The number of hydrogen-bond acceptors (Lipinski definition) is 3. The van der Waals surface area contributed by atoms with Gasteiger partial charge in [0.15, 0.2) is 17.3 Å². The van der Waals surface area contributed by atoms with Gasteiger partial charge in [0, 0.05) is 11.6 Å². The highest BCUT2D eigenvalue weighted by Gasteiger charge is 2.22. The zero-order valence-electron chi connectivity index (χ0n) is 11.2. The van der Waals surface area contributed by atoms with Crippen molar-refractivity contribution in [2.75, 3.05) is 14.2 Å². The van der Waals surface area contributed by atoms with Crippen LogP contribution in [-0.4, -0.2) is 20.0 Å². The van der Waals surface area contributed by atoms with Crippen LogP contribution < -0.4 is 9.47 Å². The maximum absolute atomic E-state index is 13.8. The highest BCUT2D eigenvalue weighted by Crippen LogP contribution is 2.35. The molecule has 2 rings (SSSR count). The van der Waals surface area contributed by atoms with Crippen LogP contribution in [0.3, 0.4) is 0 Å². The number of rotatable bonds is 4. The van der Waals surface area contributed by atoms with E-state index in [2.05, 4.69) is 0 Å². The molecule has 6 heteroatoms. The van der Waals surface area contributed by atoms with Crippen LogP contribution in [0.25, 0.3) is 0 Å². The average Bonchev–Trinajstić information content (AvgIpc) is 2.46. The topological polar surface area (TPSA) is 35.5 Å². The summed E-state index contributed by atoms with van der Waals surface area (Å²) in [5, 5.41) is 0.142. The molecule has 0 heterocycles. The van der Waals surface area contributed by atoms with Gasteiger partial charge in [-0.3, -0.25) is 4.79 Å². The molecular weight excluding hydrogens is 318 g/mol. The number of benzene rings is 2. The minimum absolute atomic E-state index is 0.0193. The Morgan fingerprint density at radius 2 is 1.67 bits per heavy atom. The molecule has 2 aromatic rings. The minimum atomic E-state index is -0.710. The van der Waals surface area contributed by atoms with E-state index in [0.29, 0.717) is 11.5 Å². The minimum Gasteiger partial charge on any atom is -0.493 e. The summed E-state index contributed by atoms with van der Waals surface area (Å²) in [6.07, 6.45) is 0. The van der Waals surface area contributed by atoms with Crippen molar-refractivity contribution in [2.45, 2.75) is 0 Å². The van der Waals surface area contributed by atoms with Crippen molar-refractivity contribution in [2.24, 2.45) is 0 Å². The molecule has 0 fully saturated rings. The Balaban J connectivity index is 2.59. The predicted octanol–water partition coefficient (Wildman–Crippen LogP) is 4.38. The van der Waals surface area contributed by atoms with E-state index in [4.69, 9.17) is 32.7 Å². The SMILES string of the molecule is COc1cc(Cl)c(C(=O)c2c(F)cccc2Cl)cc1OC. The fraction of sp³-hybridized carbons (Fsp3) is 0.133. The van der Waals surface area contributed by atoms with Gasteiger partial charge in [0.05, 0.1) is 29.8 Å². The molecule has 0 atom stereocenters. The molecule has 2 aromatic carbocycles. The van der Waals surface area contributed by atoms with Crippen LogP contribution in [-0.2, 0) is 0 Å². The van der Waals surface area contributed by atoms with Crippen molar-refractivity contribution in [3.8, 4) is 11.5 Å². The van der Waals surface area contributed by atoms with Gasteiger partial charge >= 0.3 is 0 Å². The summed E-state index contributed by atoms with van der Waals surface area (Å²) in [6.45, 7) is 0. The second kappa shape index (κ2) is 6.33. The third-order valence-corrected chi connectivity index (χ3v) is 3.54. The van der Waals surface area contributed by atoms with Crippen LogP contribution in [0.1, 0.15) is 15.9 Å². The van der Waals surface area contributed by atoms with Gasteiger partial charge < -0.3 is 9.47 Å². The molecule has 0 saturated carbocycles. The average molecular weight is 329 g/mol. The number of hydrogen-bond donors (Lipinski definition) is 0.